The number of alkyl halides is 3. The van der Waals surface area contributed by atoms with E-state index in [1.54, 1.807) is 6.92 Å². The molecule has 30 heavy (non-hydrogen) atoms. The van der Waals surface area contributed by atoms with Crippen LogP contribution < -0.4 is 9.03 Å². The Kier molecular flexibility index (Phi) is 5.80. The van der Waals surface area contributed by atoms with Gasteiger partial charge in [-0.15, -0.1) is 0 Å². The second kappa shape index (κ2) is 7.77. The molecule has 2 aromatic carbocycles. The normalized spacial score (nSPS) is 17.0. The Balaban J connectivity index is 2.02. The van der Waals surface area contributed by atoms with Crippen molar-refractivity contribution in [2.75, 3.05) is 21.3 Å². The third-order valence-electron chi connectivity index (χ3n) is 4.88. The maximum atomic E-state index is 13.2. The van der Waals surface area contributed by atoms with E-state index in [1.807, 2.05) is 4.72 Å². The number of anilines is 2. The van der Waals surface area contributed by atoms with Gasteiger partial charge in [-0.3, -0.25) is 9.03 Å². The van der Waals surface area contributed by atoms with E-state index in [0.29, 0.717) is 30.6 Å². The predicted octanol–water partition coefficient (Wildman–Crippen LogP) is 4.05. The summed E-state index contributed by atoms with van der Waals surface area (Å²) in [7, 11) is -7.83. The fourth-order valence-electron chi connectivity index (χ4n) is 3.41. The van der Waals surface area contributed by atoms with Crippen molar-refractivity contribution in [3.63, 3.8) is 0 Å². The maximum absolute atomic E-state index is 13.2. The molecule has 0 spiro atoms. The molecule has 1 aliphatic rings. The number of sulfonamides is 2. The van der Waals surface area contributed by atoms with Crippen LogP contribution in [0.25, 0.3) is 0 Å². The van der Waals surface area contributed by atoms with E-state index in [4.69, 9.17) is 0 Å². The van der Waals surface area contributed by atoms with E-state index in [2.05, 4.69) is 0 Å². The lowest BCUT2D eigenvalue weighted by Crippen LogP contribution is -2.38. The van der Waals surface area contributed by atoms with Gasteiger partial charge in [0.05, 0.1) is 27.6 Å². The number of nitrogens with one attached hydrogen (secondary N) is 1. The molecular weight excluding hydrogens is 441 g/mol. The molecule has 0 bridgehead atoms. The molecule has 0 atom stereocenters. The van der Waals surface area contributed by atoms with E-state index in [1.165, 1.54) is 35.5 Å². The van der Waals surface area contributed by atoms with Crippen LogP contribution in [0.15, 0.2) is 41.3 Å². The topological polar surface area (TPSA) is 83.6 Å². The molecule has 0 aromatic heterocycles. The highest BCUT2D eigenvalue weighted by Crippen LogP contribution is 2.36. The summed E-state index contributed by atoms with van der Waals surface area (Å²) in [4.78, 5) is -0.213. The summed E-state index contributed by atoms with van der Waals surface area (Å²) >= 11 is 0. The van der Waals surface area contributed by atoms with Gasteiger partial charge in [-0.2, -0.15) is 13.2 Å². The summed E-state index contributed by atoms with van der Waals surface area (Å²) in [5.41, 5.74) is -0.672. The maximum Gasteiger partial charge on any atom is 0.418 e. The third kappa shape index (κ3) is 4.41. The first-order valence-corrected chi connectivity index (χ1v) is 12.2. The molecule has 0 unspecified atom stereocenters. The van der Waals surface area contributed by atoms with Gasteiger partial charge in [-0.25, -0.2) is 16.8 Å². The Morgan fingerprint density at radius 1 is 1.03 bits per heavy atom. The zero-order valence-electron chi connectivity index (χ0n) is 16.3. The molecule has 0 saturated carbocycles. The summed E-state index contributed by atoms with van der Waals surface area (Å²) in [6.07, 6.45) is -3.48. The summed E-state index contributed by atoms with van der Waals surface area (Å²) in [6, 6.07) is 7.03. The fraction of sp³-hybridized carbons (Fsp3) is 0.368. The summed E-state index contributed by atoms with van der Waals surface area (Å²) in [5.74, 6) is 0.0152. The minimum Gasteiger partial charge on any atom is -0.279 e. The van der Waals surface area contributed by atoms with E-state index in [0.717, 1.165) is 12.1 Å². The van der Waals surface area contributed by atoms with E-state index >= 15 is 0 Å². The highest BCUT2D eigenvalue weighted by Gasteiger charge is 2.35. The average Bonchev–Trinajstić information content (AvgIpc) is 2.62. The van der Waals surface area contributed by atoms with Crippen molar-refractivity contribution in [3.8, 4) is 0 Å². The standard InChI is InChI=1S/C19H21F3N2O4S2/c1-13-12-18(14(2)11-17(13)24-9-5-6-10-29(24,25)26)30(27,28)23-16-8-4-3-7-15(16)19(20,21)22/h3-4,7-8,11-12,23H,5-6,9-10H2,1-2H3. The third-order valence-corrected chi connectivity index (χ3v) is 8.24. The zero-order chi connectivity index (χ0) is 22.3. The SMILES string of the molecule is Cc1cc(S(=O)(=O)Nc2ccccc2C(F)(F)F)c(C)cc1N1CCCCS1(=O)=O. The molecule has 1 N–H and O–H groups in total. The van der Waals surface area contributed by atoms with Gasteiger partial charge in [0.1, 0.15) is 0 Å². The highest BCUT2D eigenvalue weighted by atomic mass is 32.2. The van der Waals surface area contributed by atoms with Gasteiger partial charge >= 0.3 is 6.18 Å². The first kappa shape index (κ1) is 22.4. The molecule has 2 aromatic rings. The molecule has 3 rings (SSSR count). The van der Waals surface area contributed by atoms with Crippen molar-refractivity contribution < 1.29 is 30.0 Å². The minimum atomic E-state index is -4.73. The van der Waals surface area contributed by atoms with Gasteiger partial charge in [-0.05, 0) is 62.1 Å². The molecule has 164 valence electrons. The van der Waals surface area contributed by atoms with Crippen LogP contribution in [0.1, 0.15) is 29.5 Å². The second-order valence-corrected chi connectivity index (χ2v) is 10.8. The first-order chi connectivity index (χ1) is 13.8. The lowest BCUT2D eigenvalue weighted by Gasteiger charge is -2.30. The Morgan fingerprint density at radius 3 is 2.33 bits per heavy atom. The van der Waals surface area contributed by atoms with E-state index in [-0.39, 0.29) is 16.2 Å². The number of rotatable bonds is 4. The molecule has 0 radical (unpaired) electrons. The Bertz CT molecular complexity index is 1180. The second-order valence-electron chi connectivity index (χ2n) is 7.15. The molecule has 0 aliphatic carbocycles. The number of nitrogens with zero attached hydrogens (tertiary/aromatic N) is 1. The number of aryl methyl sites for hydroxylation is 2. The Hall–Kier alpha value is -2.27. The van der Waals surface area contributed by atoms with Gasteiger partial charge in [0.2, 0.25) is 10.0 Å². The minimum absolute atomic E-state index is 0.0152. The number of para-hydroxylation sites is 1. The molecule has 1 aliphatic heterocycles. The molecule has 1 heterocycles. The van der Waals surface area contributed by atoms with Crippen LogP contribution >= 0.6 is 0 Å². The molecule has 1 fully saturated rings. The molecular formula is C19H21F3N2O4S2. The zero-order valence-corrected chi connectivity index (χ0v) is 18.0. The van der Waals surface area contributed by atoms with Crippen LogP contribution in [-0.4, -0.2) is 29.1 Å². The van der Waals surface area contributed by atoms with Gasteiger partial charge in [0, 0.05) is 6.54 Å². The van der Waals surface area contributed by atoms with Gasteiger partial charge in [0.25, 0.3) is 10.0 Å². The van der Waals surface area contributed by atoms with Crippen molar-refractivity contribution in [1.29, 1.82) is 0 Å². The van der Waals surface area contributed by atoms with Crippen molar-refractivity contribution in [1.82, 2.24) is 0 Å². The Morgan fingerprint density at radius 2 is 1.70 bits per heavy atom. The highest BCUT2D eigenvalue weighted by molar-refractivity contribution is 7.93. The summed E-state index contributed by atoms with van der Waals surface area (Å²) < 4.78 is 93.4. The number of benzene rings is 2. The molecule has 6 nitrogen and oxygen atoms in total. The first-order valence-electron chi connectivity index (χ1n) is 9.13. The van der Waals surface area contributed by atoms with E-state index in [9.17, 15) is 30.0 Å². The quantitative estimate of drug-likeness (QED) is 0.743. The molecule has 11 heteroatoms. The summed E-state index contributed by atoms with van der Waals surface area (Å²) in [5, 5.41) is 0. The smallest absolute Gasteiger partial charge is 0.279 e. The Labute approximate surface area is 173 Å². The van der Waals surface area contributed by atoms with Crippen LogP contribution in [-0.2, 0) is 26.2 Å². The van der Waals surface area contributed by atoms with Crippen LogP contribution in [0, 0.1) is 13.8 Å². The fourth-order valence-corrected chi connectivity index (χ4v) is 6.50. The van der Waals surface area contributed by atoms with Crippen LogP contribution in [0.4, 0.5) is 24.5 Å². The van der Waals surface area contributed by atoms with E-state index < -0.39 is 37.5 Å². The van der Waals surface area contributed by atoms with Crippen LogP contribution in [0.5, 0.6) is 0 Å². The van der Waals surface area contributed by atoms with Crippen molar-refractivity contribution >= 4 is 31.4 Å². The monoisotopic (exact) mass is 462 g/mol. The number of halogens is 3. The van der Waals surface area contributed by atoms with Crippen molar-refractivity contribution in [3.05, 3.63) is 53.1 Å². The number of hydrogen-bond donors (Lipinski definition) is 1. The van der Waals surface area contributed by atoms with Gasteiger partial charge < -0.3 is 0 Å². The molecule has 0 amide bonds. The predicted molar refractivity (Wildman–Crippen MR) is 109 cm³/mol. The van der Waals surface area contributed by atoms with Crippen molar-refractivity contribution in [2.45, 2.75) is 37.8 Å². The molecule has 1 saturated heterocycles. The van der Waals surface area contributed by atoms with Gasteiger partial charge in [0.15, 0.2) is 0 Å². The largest absolute Gasteiger partial charge is 0.418 e. The number of hydrogen-bond acceptors (Lipinski definition) is 4. The van der Waals surface area contributed by atoms with Crippen molar-refractivity contribution in [2.24, 2.45) is 0 Å². The average molecular weight is 463 g/mol. The van der Waals surface area contributed by atoms with Crippen LogP contribution in [0.2, 0.25) is 0 Å². The lowest BCUT2D eigenvalue weighted by atomic mass is 10.1. The summed E-state index contributed by atoms with van der Waals surface area (Å²) in [6.45, 7) is 3.34. The lowest BCUT2D eigenvalue weighted by molar-refractivity contribution is -0.136. The van der Waals surface area contributed by atoms with Gasteiger partial charge in [-0.1, -0.05) is 12.1 Å². The van der Waals surface area contributed by atoms with Crippen LogP contribution in [0.3, 0.4) is 0 Å².